The van der Waals surface area contributed by atoms with Crippen LogP contribution in [0.3, 0.4) is 0 Å². The van der Waals surface area contributed by atoms with E-state index in [0.29, 0.717) is 56.2 Å². The highest BCUT2D eigenvalue weighted by Crippen LogP contribution is 2.43. The Labute approximate surface area is 246 Å². The zero-order valence-electron chi connectivity index (χ0n) is 23.6. The number of carbonyl (C=O) groups is 1. The fourth-order valence-corrected chi connectivity index (χ4v) is 6.76. The molecule has 2 atom stereocenters. The summed E-state index contributed by atoms with van der Waals surface area (Å²) in [5.74, 6) is 0. The molecule has 4 aliphatic rings. The molecule has 4 saturated heterocycles. The van der Waals surface area contributed by atoms with Crippen LogP contribution in [0.2, 0.25) is 0 Å². The number of hydrogen-bond acceptors (Lipinski definition) is 7. The lowest BCUT2D eigenvalue weighted by atomic mass is 9.78. The number of benzene rings is 1. The Morgan fingerprint density at radius 1 is 0.932 bits per heavy atom. The van der Waals surface area contributed by atoms with Gasteiger partial charge < -0.3 is 14.5 Å². The lowest BCUT2D eigenvalue weighted by Crippen LogP contribution is -2.50. The maximum atomic E-state index is 13.8. The van der Waals surface area contributed by atoms with Gasteiger partial charge in [-0.3, -0.25) is 9.80 Å². The second-order valence-corrected chi connectivity index (χ2v) is 11.9. The summed E-state index contributed by atoms with van der Waals surface area (Å²) in [7, 11) is 2.01. The first-order valence-electron chi connectivity index (χ1n) is 13.8. The van der Waals surface area contributed by atoms with Crippen molar-refractivity contribution >= 4 is 17.9 Å². The van der Waals surface area contributed by atoms with Gasteiger partial charge >= 0.3 is 30.8 Å². The number of alkyl halides is 9. The number of rotatable bonds is 4. The molecule has 4 fully saturated rings. The van der Waals surface area contributed by atoms with E-state index in [2.05, 4.69) is 9.64 Å². The summed E-state index contributed by atoms with van der Waals surface area (Å²) >= 11 is 0. The molecular weight excluding hydrogens is 615 g/mol. The number of halogens is 9. The van der Waals surface area contributed by atoms with Crippen LogP contribution in [-0.2, 0) is 27.0 Å². The van der Waals surface area contributed by atoms with Crippen molar-refractivity contribution in [1.82, 2.24) is 14.7 Å². The summed E-state index contributed by atoms with van der Waals surface area (Å²) in [5.41, 5.74) is 0.0207. The Morgan fingerprint density at radius 3 is 2.02 bits per heavy atom. The maximum absolute atomic E-state index is 13.8. The van der Waals surface area contributed by atoms with Crippen LogP contribution in [-0.4, -0.2) is 104 Å². The molecule has 0 radical (unpaired) electrons. The molecule has 0 aromatic heterocycles. The van der Waals surface area contributed by atoms with Gasteiger partial charge in [0.05, 0.1) is 5.56 Å². The number of hydrogen-bond donors (Lipinski definition) is 0. The van der Waals surface area contributed by atoms with Crippen LogP contribution in [0.25, 0.3) is 0 Å². The second kappa shape index (κ2) is 12.4. The average molecular weight is 647 g/mol. The molecule has 4 aliphatic heterocycles. The fourth-order valence-electron chi connectivity index (χ4n) is 6.76. The number of carbonyl (C=O) groups excluding carboxylic acids is 3. The molecule has 246 valence electrons. The lowest BCUT2D eigenvalue weighted by molar-refractivity contribution is -0.308. The predicted octanol–water partition coefficient (Wildman–Crippen LogP) is 4.93. The summed E-state index contributed by atoms with van der Waals surface area (Å²) in [6.07, 6.45) is -19.5. The first-order valence-corrected chi connectivity index (χ1v) is 13.8. The average Bonchev–Trinajstić information content (AvgIpc) is 3.60. The molecule has 4 heterocycles. The first kappa shape index (κ1) is 33.8. The Kier molecular flexibility index (Phi) is 9.53. The number of ether oxygens (including phenoxy) is 1. The van der Waals surface area contributed by atoms with Gasteiger partial charge in [0, 0.05) is 57.0 Å². The van der Waals surface area contributed by atoms with Crippen molar-refractivity contribution in [2.24, 2.45) is 5.41 Å². The van der Waals surface area contributed by atoms with Gasteiger partial charge in [-0.25, -0.2) is 4.79 Å². The number of amides is 1. The number of likely N-dealkylation sites (N-methyl/N-ethyl adjacent to an activating group) is 1. The van der Waals surface area contributed by atoms with E-state index < -0.39 is 36.3 Å². The third-order valence-corrected chi connectivity index (χ3v) is 8.97. The van der Waals surface area contributed by atoms with E-state index >= 15 is 0 Å². The zero-order chi connectivity index (χ0) is 32.7. The van der Waals surface area contributed by atoms with Crippen LogP contribution in [0, 0.1) is 5.41 Å². The van der Waals surface area contributed by atoms with E-state index in [-0.39, 0.29) is 37.2 Å². The predicted molar refractivity (Wildman–Crippen MR) is 134 cm³/mol. The van der Waals surface area contributed by atoms with Crippen molar-refractivity contribution in [1.29, 1.82) is 0 Å². The third kappa shape index (κ3) is 7.60. The normalized spacial score (nSPS) is 24.1. The molecule has 1 aromatic rings. The van der Waals surface area contributed by atoms with Crippen molar-refractivity contribution in [2.75, 3.05) is 51.2 Å². The Bertz CT molecular complexity index is 1210. The van der Waals surface area contributed by atoms with Gasteiger partial charge in [-0.1, -0.05) is 0 Å². The molecule has 2 bridgehead atoms. The topological polar surface area (TPSA) is 73.4 Å². The van der Waals surface area contributed by atoms with E-state index in [1.54, 1.807) is 6.07 Å². The van der Waals surface area contributed by atoms with Crippen molar-refractivity contribution in [2.45, 2.75) is 68.9 Å². The minimum Gasteiger partial charge on any atom is -0.426 e. The molecule has 0 aliphatic carbocycles. The van der Waals surface area contributed by atoms with Gasteiger partial charge in [-0.15, -0.1) is 0 Å². The van der Waals surface area contributed by atoms with Crippen LogP contribution in [0.4, 0.5) is 50.0 Å². The summed E-state index contributed by atoms with van der Waals surface area (Å²) in [6, 6.07) is 4.64. The molecule has 0 saturated carbocycles. The Hall–Kier alpha value is -3.04. The van der Waals surface area contributed by atoms with E-state index in [9.17, 15) is 44.3 Å². The van der Waals surface area contributed by atoms with Crippen LogP contribution in [0.15, 0.2) is 18.2 Å². The largest absolute Gasteiger partial charge is 0.434 e. The number of fused-ring (bicyclic) bond motifs is 2. The summed E-state index contributed by atoms with van der Waals surface area (Å²) in [5, 5.41) is 0. The van der Waals surface area contributed by atoms with Crippen molar-refractivity contribution < 1.29 is 58.6 Å². The molecule has 1 amide bonds. The molecular formula is C27H31F9N4O4. The summed E-state index contributed by atoms with van der Waals surface area (Å²) in [6.45, 7) is 2.64. The standard InChI is InChI=1S/C26H31F9N4O2.CO2/c1-36-13-20-11-19(36)14-39(20)18-9-16(8-17(10-18)24(27,28)29)12-37-5-2-23(15-37)3-6-38(7-4-23)22(40)41-21(25(30,31)32)26(33,34)35;2-1-3/h8-10,19-21H,2-7,11-15H2,1H3;. The fraction of sp³-hybridized carbons (Fsp3) is 0.704. The van der Waals surface area contributed by atoms with Gasteiger partial charge in [0.1, 0.15) is 0 Å². The molecule has 5 rings (SSSR count). The SMILES string of the molecule is CN1CC2CC1CN2c1cc(CN2CCC3(CCN(C(=O)OC(C(F)(F)F)C(F)(F)F)CC3)C2)cc(C(F)(F)F)c1.O=C=O. The Morgan fingerprint density at radius 2 is 1.52 bits per heavy atom. The third-order valence-electron chi connectivity index (χ3n) is 8.97. The number of nitrogens with zero attached hydrogens (tertiary/aromatic N) is 4. The van der Waals surface area contributed by atoms with E-state index in [4.69, 9.17) is 9.59 Å². The van der Waals surface area contributed by atoms with Gasteiger partial charge in [0.25, 0.3) is 6.10 Å². The highest BCUT2D eigenvalue weighted by molar-refractivity contribution is 5.68. The Balaban J connectivity index is 0.00000141. The number of anilines is 1. The molecule has 1 spiro atoms. The van der Waals surface area contributed by atoms with Crippen molar-refractivity contribution in [3.8, 4) is 0 Å². The smallest absolute Gasteiger partial charge is 0.426 e. The molecule has 44 heavy (non-hydrogen) atoms. The lowest BCUT2D eigenvalue weighted by Gasteiger charge is -2.39. The number of piperidine rings is 1. The highest BCUT2D eigenvalue weighted by Gasteiger charge is 2.60. The summed E-state index contributed by atoms with van der Waals surface area (Å²) in [4.78, 5) is 35.5. The second-order valence-electron chi connectivity index (χ2n) is 11.9. The van der Waals surface area contributed by atoms with Gasteiger partial charge in [-0.2, -0.15) is 49.1 Å². The zero-order valence-corrected chi connectivity index (χ0v) is 23.6. The minimum atomic E-state index is -5.79. The van der Waals surface area contributed by atoms with Crippen LogP contribution in [0.5, 0.6) is 0 Å². The molecule has 17 heteroatoms. The molecule has 1 aromatic carbocycles. The van der Waals surface area contributed by atoms with Crippen molar-refractivity contribution in [3.05, 3.63) is 29.3 Å². The van der Waals surface area contributed by atoms with Gasteiger partial charge in [0.2, 0.25) is 0 Å². The quantitative estimate of drug-likeness (QED) is 0.430. The number of likely N-dealkylation sites (tertiary alicyclic amines) is 3. The molecule has 2 unspecified atom stereocenters. The minimum absolute atomic E-state index is 0.0746. The van der Waals surface area contributed by atoms with E-state index in [0.717, 1.165) is 23.9 Å². The van der Waals surface area contributed by atoms with Crippen LogP contribution >= 0.6 is 0 Å². The highest BCUT2D eigenvalue weighted by atomic mass is 19.4. The van der Waals surface area contributed by atoms with Crippen LogP contribution < -0.4 is 4.90 Å². The maximum Gasteiger partial charge on any atom is 0.434 e. The number of piperazine rings is 1. The monoisotopic (exact) mass is 646 g/mol. The first-order chi connectivity index (χ1) is 20.3. The van der Waals surface area contributed by atoms with E-state index in [1.165, 1.54) is 6.07 Å². The summed E-state index contributed by atoms with van der Waals surface area (Å²) < 4.78 is 122. The van der Waals surface area contributed by atoms with Crippen LogP contribution in [0.1, 0.15) is 36.8 Å². The molecule has 8 nitrogen and oxygen atoms in total. The van der Waals surface area contributed by atoms with Gasteiger partial charge in [0.15, 0.2) is 0 Å². The molecule has 0 N–H and O–H groups in total. The van der Waals surface area contributed by atoms with Crippen molar-refractivity contribution in [3.63, 3.8) is 0 Å². The van der Waals surface area contributed by atoms with Gasteiger partial charge in [-0.05, 0) is 68.5 Å². The van der Waals surface area contributed by atoms with E-state index in [1.807, 2.05) is 16.8 Å².